The number of fused-ring (bicyclic) bond motifs is 1. The number of amidine groups is 1. The Balaban J connectivity index is 2.22. The van der Waals surface area contributed by atoms with Crippen LogP contribution in [0.1, 0.15) is 20.3 Å². The molecule has 24 heavy (non-hydrogen) atoms. The molecule has 0 aromatic heterocycles. The van der Waals surface area contributed by atoms with Crippen LogP contribution in [0.3, 0.4) is 0 Å². The molecule has 2 rings (SSSR count). The van der Waals surface area contributed by atoms with Crippen LogP contribution in [0.15, 0.2) is 17.1 Å². The highest BCUT2D eigenvalue weighted by atomic mass is 16.5. The minimum atomic E-state index is -0.594. The number of hydrogen-bond donors (Lipinski definition) is 1. The normalized spacial score (nSPS) is 20.5. The third kappa shape index (κ3) is 3.48. The number of urea groups is 1. The van der Waals surface area contributed by atoms with Crippen LogP contribution in [0.25, 0.3) is 0 Å². The zero-order chi connectivity index (χ0) is 17.9. The number of nitrogens with zero attached hydrogens (tertiary/aromatic N) is 4. The Morgan fingerprint density at radius 2 is 2.08 bits per heavy atom. The van der Waals surface area contributed by atoms with E-state index in [0.717, 1.165) is 16.9 Å². The molecule has 0 aliphatic carbocycles. The molecule has 3 amide bonds. The van der Waals surface area contributed by atoms with Crippen LogP contribution in [0.2, 0.25) is 0 Å². The molecular weight excluding hydrogens is 310 g/mol. The third-order valence-electron chi connectivity index (χ3n) is 3.92. The molecule has 0 aromatic carbocycles. The van der Waals surface area contributed by atoms with Crippen molar-refractivity contribution in [3.05, 3.63) is 12.2 Å². The molecule has 0 spiro atoms. The van der Waals surface area contributed by atoms with E-state index in [-0.39, 0.29) is 11.9 Å². The molecule has 1 unspecified atom stereocenters. The van der Waals surface area contributed by atoms with Crippen LogP contribution in [-0.2, 0) is 9.53 Å². The molecule has 132 valence electrons. The van der Waals surface area contributed by atoms with Crippen molar-refractivity contribution in [2.24, 2.45) is 4.99 Å². The van der Waals surface area contributed by atoms with Crippen LogP contribution < -0.4 is 5.32 Å². The van der Waals surface area contributed by atoms with Crippen molar-refractivity contribution in [3.8, 4) is 0 Å². The first-order valence-corrected chi connectivity index (χ1v) is 8.11. The largest absolute Gasteiger partial charge is 0.390 e. The Bertz CT molecular complexity index is 611. The monoisotopic (exact) mass is 336 g/mol. The van der Waals surface area contributed by atoms with Crippen molar-refractivity contribution in [1.82, 2.24) is 15.1 Å². The average Bonchev–Trinajstić information content (AvgIpc) is 2.88. The summed E-state index contributed by atoms with van der Waals surface area (Å²) >= 11 is 0. The van der Waals surface area contributed by atoms with E-state index in [1.165, 1.54) is 11.9 Å². The van der Waals surface area contributed by atoms with E-state index in [1.807, 2.05) is 18.4 Å². The molecule has 0 bridgehead atoms. The summed E-state index contributed by atoms with van der Waals surface area (Å²) in [6.45, 7) is 10.3. The minimum Gasteiger partial charge on any atom is -0.382 e. The van der Waals surface area contributed by atoms with Gasteiger partial charge >= 0.3 is 12.0 Å². The van der Waals surface area contributed by atoms with Gasteiger partial charge in [0.25, 0.3) is 5.91 Å². The summed E-state index contributed by atoms with van der Waals surface area (Å²) in [5.41, 5.74) is 0.912. The highest BCUT2D eigenvalue weighted by molar-refractivity contribution is 6.22. The number of guanidine groups is 1. The van der Waals surface area contributed by atoms with Gasteiger partial charge in [0, 0.05) is 33.7 Å². The molecule has 0 saturated carbocycles. The van der Waals surface area contributed by atoms with Gasteiger partial charge in [-0.2, -0.15) is 0 Å². The number of aliphatic imine (C=N–C) groups is 1. The van der Waals surface area contributed by atoms with Gasteiger partial charge in [0.1, 0.15) is 0 Å². The Kier molecular flexibility index (Phi) is 5.71. The van der Waals surface area contributed by atoms with Crippen molar-refractivity contribution in [2.75, 3.05) is 40.4 Å². The first-order valence-electron chi connectivity index (χ1n) is 8.11. The molecule has 1 atom stereocenters. The Labute approximate surface area is 142 Å². The number of hydrogen-bond acceptors (Lipinski definition) is 5. The number of rotatable bonds is 7. The third-order valence-corrected chi connectivity index (χ3v) is 3.92. The summed E-state index contributed by atoms with van der Waals surface area (Å²) in [4.78, 5) is 31.8. The second-order valence-corrected chi connectivity index (χ2v) is 6.00. The summed E-state index contributed by atoms with van der Waals surface area (Å²) in [5.74, 6) is 0.777. The number of ether oxygens (including phenoxy) is 1. The zero-order valence-corrected chi connectivity index (χ0v) is 14.8. The lowest BCUT2D eigenvalue weighted by Gasteiger charge is -2.31. The van der Waals surface area contributed by atoms with E-state index < -0.39 is 6.04 Å². The number of nitrogens with one attached hydrogen (secondary N) is 1. The van der Waals surface area contributed by atoms with Crippen molar-refractivity contribution in [1.29, 1.82) is 0 Å². The molecular formula is C16H26N5O3+. The second-order valence-electron chi connectivity index (χ2n) is 6.00. The Morgan fingerprint density at radius 3 is 2.71 bits per heavy atom. The maximum atomic E-state index is 12.6. The van der Waals surface area contributed by atoms with Crippen molar-refractivity contribution in [2.45, 2.75) is 26.3 Å². The quantitative estimate of drug-likeness (QED) is 0.411. The summed E-state index contributed by atoms with van der Waals surface area (Å²) in [5, 5.41) is 3.25. The molecule has 8 nitrogen and oxygen atoms in total. The fourth-order valence-corrected chi connectivity index (χ4v) is 2.72. The predicted octanol–water partition coefficient (Wildman–Crippen LogP) is 0.252. The van der Waals surface area contributed by atoms with Crippen molar-refractivity contribution >= 4 is 23.7 Å². The van der Waals surface area contributed by atoms with Gasteiger partial charge in [0.2, 0.25) is 11.9 Å². The lowest BCUT2D eigenvalue weighted by atomic mass is 10.1. The van der Waals surface area contributed by atoms with Gasteiger partial charge in [0.15, 0.2) is 0 Å². The summed E-state index contributed by atoms with van der Waals surface area (Å²) in [6, 6.07) is -0.966. The molecule has 2 aliphatic heterocycles. The van der Waals surface area contributed by atoms with Gasteiger partial charge < -0.3 is 4.74 Å². The van der Waals surface area contributed by atoms with E-state index >= 15 is 0 Å². The summed E-state index contributed by atoms with van der Waals surface area (Å²) in [6.07, 6.45) is 0.830. The molecule has 2 aliphatic rings. The fraction of sp³-hybridized carbons (Fsp3) is 0.625. The molecule has 0 radical (unpaired) electrons. The van der Waals surface area contributed by atoms with Gasteiger partial charge in [-0.25, -0.2) is 9.37 Å². The Hall–Kier alpha value is -2.22. The maximum Gasteiger partial charge on any atom is 0.390 e. The molecule has 8 heteroatoms. The first kappa shape index (κ1) is 18.1. The second kappa shape index (κ2) is 7.57. The maximum absolute atomic E-state index is 12.6. The highest BCUT2D eigenvalue weighted by Gasteiger charge is 2.51. The van der Waals surface area contributed by atoms with Gasteiger partial charge in [0.05, 0.1) is 13.1 Å². The lowest BCUT2D eigenvalue weighted by molar-refractivity contribution is -0.529. The summed E-state index contributed by atoms with van der Waals surface area (Å²) < 4.78 is 7.18. The predicted molar refractivity (Wildman–Crippen MR) is 91.2 cm³/mol. The smallest absolute Gasteiger partial charge is 0.382 e. The van der Waals surface area contributed by atoms with Crippen LogP contribution in [0.5, 0.6) is 0 Å². The zero-order valence-electron chi connectivity index (χ0n) is 14.8. The molecule has 2 heterocycles. The number of imide groups is 1. The Morgan fingerprint density at radius 1 is 1.38 bits per heavy atom. The average molecular weight is 336 g/mol. The molecule has 1 fully saturated rings. The van der Waals surface area contributed by atoms with Gasteiger partial charge in [-0.05, 0) is 19.4 Å². The van der Waals surface area contributed by atoms with Crippen molar-refractivity contribution in [3.63, 3.8) is 0 Å². The number of carbonyl (C=O) groups is 2. The molecule has 1 N–H and O–H groups in total. The standard InChI is InChI=1S/C16H25N5O3/c1-6-24-9-7-8-17-15-18-13-12(21(15)10-11(2)3)14(22)20(5)16(23)19(13)4/h12H,2,6-10H2,1,3-5H3/p+1. The van der Waals surface area contributed by atoms with Crippen LogP contribution in [-0.4, -0.2) is 84.5 Å². The molecule has 1 saturated heterocycles. The van der Waals surface area contributed by atoms with Crippen LogP contribution >= 0.6 is 0 Å². The van der Waals surface area contributed by atoms with Gasteiger partial charge in [-0.3, -0.25) is 19.9 Å². The first-order chi connectivity index (χ1) is 11.4. The number of carbonyl (C=O) groups excluding carboxylic acids is 2. The number of amides is 3. The fourth-order valence-electron chi connectivity index (χ4n) is 2.72. The van der Waals surface area contributed by atoms with Crippen LogP contribution in [0.4, 0.5) is 4.79 Å². The van der Waals surface area contributed by atoms with E-state index in [1.54, 1.807) is 7.05 Å². The summed E-state index contributed by atoms with van der Waals surface area (Å²) in [7, 11) is 3.12. The SMILES string of the molecule is C=C(C)C[N+]1=C(NCCCOCC)N=C2C1C(=O)N(C)C(=O)N2C. The molecule has 0 aromatic rings. The van der Waals surface area contributed by atoms with Crippen LogP contribution in [0, 0.1) is 0 Å². The van der Waals surface area contributed by atoms with E-state index in [2.05, 4.69) is 16.9 Å². The van der Waals surface area contributed by atoms with E-state index in [0.29, 0.717) is 38.1 Å². The van der Waals surface area contributed by atoms with Gasteiger partial charge in [-0.15, -0.1) is 0 Å². The lowest BCUT2D eigenvalue weighted by Crippen LogP contribution is -2.61. The highest BCUT2D eigenvalue weighted by Crippen LogP contribution is 2.18. The van der Waals surface area contributed by atoms with Gasteiger partial charge in [-0.1, -0.05) is 11.6 Å². The van der Waals surface area contributed by atoms with E-state index in [4.69, 9.17) is 4.74 Å². The van der Waals surface area contributed by atoms with E-state index in [9.17, 15) is 9.59 Å². The number of likely N-dealkylation sites (N-methyl/N-ethyl adjacent to an activating group) is 2. The minimum absolute atomic E-state index is 0.274. The van der Waals surface area contributed by atoms with Crippen molar-refractivity contribution < 1.29 is 18.9 Å². The topological polar surface area (TPSA) is 77.2 Å².